The van der Waals surface area contributed by atoms with E-state index in [-0.39, 0.29) is 48.7 Å². The van der Waals surface area contributed by atoms with Crippen LogP contribution in [0, 0.1) is 5.92 Å². The third-order valence-corrected chi connectivity index (χ3v) is 5.38. The van der Waals surface area contributed by atoms with Crippen LogP contribution in [-0.2, 0) is 14.4 Å². The molecule has 0 unspecified atom stereocenters. The Morgan fingerprint density at radius 1 is 1.03 bits per heavy atom. The van der Waals surface area contributed by atoms with Crippen LogP contribution in [0.2, 0.25) is 0 Å². The summed E-state index contributed by atoms with van der Waals surface area (Å²) < 4.78 is 5.08. The molecular formula is C24H29N3O4. The zero-order valence-corrected chi connectivity index (χ0v) is 18.1. The Morgan fingerprint density at radius 2 is 1.71 bits per heavy atom. The van der Waals surface area contributed by atoms with Gasteiger partial charge in [0.05, 0.1) is 20.2 Å². The monoisotopic (exact) mass is 423 g/mol. The first kappa shape index (κ1) is 22.3. The highest BCUT2D eigenvalue weighted by Gasteiger charge is 2.46. The third kappa shape index (κ3) is 6.07. The second-order valence-electron chi connectivity index (χ2n) is 7.97. The minimum absolute atomic E-state index is 0.0123. The van der Waals surface area contributed by atoms with Crippen molar-refractivity contribution in [1.29, 1.82) is 0 Å². The predicted octanol–water partition coefficient (Wildman–Crippen LogP) is 2.79. The Kier molecular flexibility index (Phi) is 7.28. The van der Waals surface area contributed by atoms with Crippen molar-refractivity contribution >= 4 is 23.4 Å². The standard InChI is InChI=1S/C24H29N3O4/c1-16(2)27(24(30)21-13-20(21)17-7-5-4-6-8-17)15-23(29)25-14-22(28)26-18-9-11-19(31-3)12-10-18/h4-12,16,20-21H,13-15H2,1-3H3,(H,25,29)(H,26,28)/t20-,21-/m0/s1. The van der Waals surface area contributed by atoms with Crippen molar-refractivity contribution in [2.75, 3.05) is 25.5 Å². The number of methoxy groups -OCH3 is 1. The average Bonchev–Trinajstić information content (AvgIpc) is 3.57. The highest BCUT2D eigenvalue weighted by atomic mass is 16.5. The fourth-order valence-electron chi connectivity index (χ4n) is 3.53. The number of benzene rings is 2. The first-order valence-corrected chi connectivity index (χ1v) is 10.4. The van der Waals surface area contributed by atoms with E-state index in [1.165, 1.54) is 0 Å². The summed E-state index contributed by atoms with van der Waals surface area (Å²) in [5.41, 5.74) is 1.77. The van der Waals surface area contributed by atoms with E-state index in [0.717, 1.165) is 12.0 Å². The van der Waals surface area contributed by atoms with Gasteiger partial charge in [0.1, 0.15) is 5.75 Å². The maximum Gasteiger partial charge on any atom is 0.243 e. The van der Waals surface area contributed by atoms with Crippen molar-refractivity contribution < 1.29 is 19.1 Å². The summed E-state index contributed by atoms with van der Waals surface area (Å²) >= 11 is 0. The molecule has 2 aromatic rings. The summed E-state index contributed by atoms with van der Waals surface area (Å²) in [6, 6.07) is 16.8. The molecule has 1 aliphatic carbocycles. The number of carbonyl (C=O) groups excluding carboxylic acids is 3. The summed E-state index contributed by atoms with van der Waals surface area (Å²) in [6.07, 6.45) is 0.804. The molecule has 0 heterocycles. The number of hydrogen-bond acceptors (Lipinski definition) is 4. The number of amides is 3. The van der Waals surface area contributed by atoms with Crippen LogP contribution in [0.5, 0.6) is 5.75 Å². The number of nitrogens with zero attached hydrogens (tertiary/aromatic N) is 1. The van der Waals surface area contributed by atoms with Gasteiger partial charge in [-0.15, -0.1) is 0 Å². The zero-order chi connectivity index (χ0) is 22.4. The van der Waals surface area contributed by atoms with Gasteiger partial charge in [-0.1, -0.05) is 30.3 Å². The topological polar surface area (TPSA) is 87.7 Å². The smallest absolute Gasteiger partial charge is 0.243 e. The lowest BCUT2D eigenvalue weighted by molar-refractivity contribution is -0.139. The summed E-state index contributed by atoms with van der Waals surface area (Å²) in [4.78, 5) is 39.0. The lowest BCUT2D eigenvalue weighted by atomic mass is 10.1. The van der Waals surface area contributed by atoms with Crippen molar-refractivity contribution in [3.8, 4) is 5.75 Å². The first-order valence-electron chi connectivity index (χ1n) is 10.4. The van der Waals surface area contributed by atoms with Crippen molar-refractivity contribution in [3.63, 3.8) is 0 Å². The number of hydrogen-bond donors (Lipinski definition) is 2. The largest absolute Gasteiger partial charge is 0.497 e. The molecule has 1 aliphatic rings. The van der Waals surface area contributed by atoms with Gasteiger partial charge in [0.15, 0.2) is 0 Å². The molecule has 1 fully saturated rings. The van der Waals surface area contributed by atoms with E-state index in [1.807, 2.05) is 44.2 Å². The van der Waals surface area contributed by atoms with Gasteiger partial charge < -0.3 is 20.3 Å². The molecule has 0 aliphatic heterocycles. The summed E-state index contributed by atoms with van der Waals surface area (Å²) in [5.74, 6) is 0.108. The predicted molar refractivity (Wildman–Crippen MR) is 119 cm³/mol. The first-order chi connectivity index (χ1) is 14.9. The maximum absolute atomic E-state index is 13.0. The van der Waals surface area contributed by atoms with Crippen LogP contribution in [0.3, 0.4) is 0 Å². The Bertz CT molecular complexity index is 912. The van der Waals surface area contributed by atoms with Gasteiger partial charge in [0.2, 0.25) is 17.7 Å². The maximum atomic E-state index is 13.0. The van der Waals surface area contributed by atoms with Crippen LogP contribution in [-0.4, -0.2) is 48.9 Å². The molecule has 3 amide bonds. The molecule has 0 bridgehead atoms. The minimum Gasteiger partial charge on any atom is -0.497 e. The lowest BCUT2D eigenvalue weighted by Gasteiger charge is -2.26. The highest BCUT2D eigenvalue weighted by molar-refractivity contribution is 5.95. The Hall–Kier alpha value is -3.35. The Labute approximate surface area is 182 Å². The third-order valence-electron chi connectivity index (χ3n) is 5.38. The van der Waals surface area contributed by atoms with E-state index in [0.29, 0.717) is 11.4 Å². The van der Waals surface area contributed by atoms with Gasteiger partial charge in [0.25, 0.3) is 0 Å². The molecule has 2 N–H and O–H groups in total. The summed E-state index contributed by atoms with van der Waals surface area (Å²) in [5, 5.41) is 5.31. The van der Waals surface area contributed by atoms with Gasteiger partial charge in [-0.2, -0.15) is 0 Å². The molecule has 164 valence electrons. The van der Waals surface area contributed by atoms with Crippen LogP contribution < -0.4 is 15.4 Å². The quantitative estimate of drug-likeness (QED) is 0.649. The van der Waals surface area contributed by atoms with Gasteiger partial charge in [0, 0.05) is 17.6 Å². The number of anilines is 1. The van der Waals surface area contributed by atoms with E-state index in [9.17, 15) is 14.4 Å². The van der Waals surface area contributed by atoms with E-state index >= 15 is 0 Å². The van der Waals surface area contributed by atoms with E-state index in [4.69, 9.17) is 4.74 Å². The van der Waals surface area contributed by atoms with E-state index < -0.39 is 0 Å². The van der Waals surface area contributed by atoms with Gasteiger partial charge in [-0.25, -0.2) is 0 Å². The van der Waals surface area contributed by atoms with Crippen molar-refractivity contribution in [1.82, 2.24) is 10.2 Å². The normalized spacial score (nSPS) is 17.0. The Balaban J connectivity index is 1.48. The van der Waals surface area contributed by atoms with Gasteiger partial charge in [-0.3, -0.25) is 14.4 Å². The molecule has 0 saturated heterocycles. The molecule has 2 aromatic carbocycles. The van der Waals surface area contributed by atoms with Gasteiger partial charge >= 0.3 is 0 Å². The molecular weight excluding hydrogens is 394 g/mol. The van der Waals surface area contributed by atoms with Crippen LogP contribution in [0.4, 0.5) is 5.69 Å². The number of rotatable bonds is 9. The second-order valence-corrected chi connectivity index (χ2v) is 7.97. The van der Waals surface area contributed by atoms with Gasteiger partial charge in [-0.05, 0) is 56.0 Å². The zero-order valence-electron chi connectivity index (χ0n) is 18.1. The SMILES string of the molecule is COc1ccc(NC(=O)CNC(=O)CN(C(=O)[C@H]2C[C@H]2c2ccccc2)C(C)C)cc1. The van der Waals surface area contributed by atoms with Crippen molar-refractivity contribution in [3.05, 3.63) is 60.2 Å². The minimum atomic E-state index is -0.358. The molecule has 0 spiro atoms. The van der Waals surface area contributed by atoms with Crippen LogP contribution >= 0.6 is 0 Å². The highest BCUT2D eigenvalue weighted by Crippen LogP contribution is 2.48. The molecule has 0 aromatic heterocycles. The van der Waals surface area contributed by atoms with E-state index in [2.05, 4.69) is 10.6 Å². The summed E-state index contributed by atoms with van der Waals surface area (Å²) in [6.45, 7) is 3.55. The molecule has 2 atom stereocenters. The average molecular weight is 424 g/mol. The molecule has 7 nitrogen and oxygen atoms in total. The fraction of sp³-hybridized carbons (Fsp3) is 0.375. The molecule has 7 heteroatoms. The summed E-state index contributed by atoms with van der Waals surface area (Å²) in [7, 11) is 1.57. The van der Waals surface area contributed by atoms with Crippen molar-refractivity contribution in [2.45, 2.75) is 32.2 Å². The lowest BCUT2D eigenvalue weighted by Crippen LogP contribution is -2.46. The van der Waals surface area contributed by atoms with Crippen molar-refractivity contribution in [2.24, 2.45) is 5.92 Å². The van der Waals surface area contributed by atoms with Crippen LogP contribution in [0.15, 0.2) is 54.6 Å². The van der Waals surface area contributed by atoms with Crippen LogP contribution in [0.1, 0.15) is 31.7 Å². The number of ether oxygens (including phenoxy) is 1. The van der Waals surface area contributed by atoms with E-state index in [1.54, 1.807) is 36.3 Å². The molecule has 3 rings (SSSR count). The molecule has 31 heavy (non-hydrogen) atoms. The van der Waals surface area contributed by atoms with Crippen LogP contribution in [0.25, 0.3) is 0 Å². The molecule has 0 radical (unpaired) electrons. The fourth-order valence-corrected chi connectivity index (χ4v) is 3.53. The second kappa shape index (κ2) is 10.1. The number of carbonyl (C=O) groups is 3. The Morgan fingerprint density at radius 3 is 2.32 bits per heavy atom. The number of nitrogens with one attached hydrogen (secondary N) is 2. The molecule has 1 saturated carbocycles.